The second kappa shape index (κ2) is 5.09. The van der Waals surface area contributed by atoms with Gasteiger partial charge in [-0.05, 0) is 18.6 Å². The predicted molar refractivity (Wildman–Crippen MR) is 59.2 cm³/mol. The molecule has 0 unspecified atom stereocenters. The van der Waals surface area contributed by atoms with Crippen molar-refractivity contribution in [3.63, 3.8) is 0 Å². The van der Waals surface area contributed by atoms with Gasteiger partial charge in [-0.2, -0.15) is 0 Å². The lowest BCUT2D eigenvalue weighted by molar-refractivity contribution is -0.118. The van der Waals surface area contributed by atoms with Crippen molar-refractivity contribution < 1.29 is 9.53 Å². The molecule has 0 aromatic heterocycles. The highest BCUT2D eigenvalue weighted by Crippen LogP contribution is 2.23. The van der Waals surface area contributed by atoms with E-state index in [2.05, 4.69) is 0 Å². The zero-order valence-electron chi connectivity index (χ0n) is 8.40. The van der Waals surface area contributed by atoms with E-state index in [-0.39, 0.29) is 5.91 Å². The van der Waals surface area contributed by atoms with E-state index in [1.165, 1.54) is 0 Å². The number of hydrogen-bond acceptors (Lipinski definition) is 4. The molecule has 0 aliphatic carbocycles. The number of ether oxygens (including phenoxy) is 1. The van der Waals surface area contributed by atoms with E-state index >= 15 is 0 Å². The SMILES string of the molecule is NC(=O)CCCOc1cc(N)ccc1N. The summed E-state index contributed by atoms with van der Waals surface area (Å²) < 4.78 is 5.36. The molecule has 0 atom stereocenters. The number of anilines is 2. The minimum atomic E-state index is -0.334. The van der Waals surface area contributed by atoms with Gasteiger partial charge in [0.05, 0.1) is 12.3 Å². The Morgan fingerprint density at radius 3 is 2.73 bits per heavy atom. The van der Waals surface area contributed by atoms with Crippen LogP contribution in [0.15, 0.2) is 18.2 Å². The summed E-state index contributed by atoms with van der Waals surface area (Å²) in [7, 11) is 0. The summed E-state index contributed by atoms with van der Waals surface area (Å²) in [6.07, 6.45) is 0.881. The molecule has 1 aromatic rings. The lowest BCUT2D eigenvalue weighted by atomic mass is 10.2. The average molecular weight is 209 g/mol. The molecule has 5 nitrogen and oxygen atoms in total. The van der Waals surface area contributed by atoms with Gasteiger partial charge in [0.15, 0.2) is 0 Å². The van der Waals surface area contributed by atoms with Crippen LogP contribution in [-0.2, 0) is 4.79 Å². The number of benzene rings is 1. The molecular formula is C10H15N3O2. The van der Waals surface area contributed by atoms with Crippen molar-refractivity contribution in [2.75, 3.05) is 18.1 Å². The lowest BCUT2D eigenvalue weighted by Crippen LogP contribution is -2.12. The molecule has 1 aromatic carbocycles. The maximum atomic E-state index is 10.5. The van der Waals surface area contributed by atoms with Crippen LogP contribution in [0.5, 0.6) is 5.75 Å². The van der Waals surface area contributed by atoms with Gasteiger partial charge in [0, 0.05) is 18.2 Å². The summed E-state index contributed by atoms with van der Waals surface area (Å²) in [5, 5.41) is 0. The third-order valence-corrected chi connectivity index (χ3v) is 1.86. The molecule has 5 heteroatoms. The minimum absolute atomic E-state index is 0.308. The number of primary amides is 1. The highest BCUT2D eigenvalue weighted by Gasteiger charge is 2.01. The molecular weight excluding hydrogens is 194 g/mol. The molecule has 0 spiro atoms. The summed E-state index contributed by atoms with van der Waals surface area (Å²) in [5.74, 6) is 0.207. The molecule has 0 fully saturated rings. The van der Waals surface area contributed by atoms with Crippen LogP contribution in [0, 0.1) is 0 Å². The molecule has 1 amide bonds. The Balaban J connectivity index is 2.43. The van der Waals surface area contributed by atoms with Gasteiger partial charge in [0.2, 0.25) is 5.91 Å². The van der Waals surface area contributed by atoms with Crippen LogP contribution in [0.2, 0.25) is 0 Å². The van der Waals surface area contributed by atoms with E-state index in [1.807, 2.05) is 0 Å². The molecule has 15 heavy (non-hydrogen) atoms. The number of carbonyl (C=O) groups excluding carboxylic acids is 1. The summed E-state index contributed by atoms with van der Waals surface area (Å²) in [6.45, 7) is 0.399. The number of amides is 1. The normalized spacial score (nSPS) is 9.87. The van der Waals surface area contributed by atoms with E-state index in [1.54, 1.807) is 18.2 Å². The van der Waals surface area contributed by atoms with Crippen LogP contribution in [0.4, 0.5) is 11.4 Å². The van der Waals surface area contributed by atoms with Crippen molar-refractivity contribution in [1.29, 1.82) is 0 Å². The zero-order valence-corrected chi connectivity index (χ0v) is 8.40. The molecule has 0 saturated heterocycles. The van der Waals surface area contributed by atoms with Crippen LogP contribution in [0.25, 0.3) is 0 Å². The number of carbonyl (C=O) groups is 1. The second-order valence-corrected chi connectivity index (χ2v) is 3.22. The molecule has 1 rings (SSSR count). The van der Waals surface area contributed by atoms with Crippen molar-refractivity contribution in [2.45, 2.75) is 12.8 Å². The van der Waals surface area contributed by atoms with Crippen molar-refractivity contribution in [1.82, 2.24) is 0 Å². The van der Waals surface area contributed by atoms with Gasteiger partial charge < -0.3 is 21.9 Å². The van der Waals surface area contributed by atoms with Crippen molar-refractivity contribution in [3.05, 3.63) is 18.2 Å². The van der Waals surface area contributed by atoms with Gasteiger partial charge in [-0.15, -0.1) is 0 Å². The van der Waals surface area contributed by atoms with Crippen LogP contribution >= 0.6 is 0 Å². The van der Waals surface area contributed by atoms with Crippen LogP contribution in [0.3, 0.4) is 0 Å². The van der Waals surface area contributed by atoms with E-state index in [9.17, 15) is 4.79 Å². The fraction of sp³-hybridized carbons (Fsp3) is 0.300. The molecule has 0 aliphatic heterocycles. The van der Waals surface area contributed by atoms with Gasteiger partial charge in [0.1, 0.15) is 5.75 Å². The topological polar surface area (TPSA) is 104 Å². The number of nitrogens with two attached hydrogens (primary N) is 3. The van der Waals surface area contributed by atoms with E-state index < -0.39 is 0 Å². The average Bonchev–Trinajstić information content (AvgIpc) is 2.17. The molecule has 0 radical (unpaired) electrons. The van der Waals surface area contributed by atoms with E-state index in [0.717, 1.165) is 0 Å². The number of rotatable bonds is 5. The molecule has 0 saturated carbocycles. The standard InChI is InChI=1S/C10H15N3O2/c11-7-3-4-8(12)9(6-7)15-5-1-2-10(13)14/h3-4,6H,1-2,5,11-12H2,(H2,13,14). The highest BCUT2D eigenvalue weighted by molar-refractivity contribution is 5.73. The zero-order chi connectivity index (χ0) is 11.3. The third kappa shape index (κ3) is 3.76. The Labute approximate surface area is 88.2 Å². The first-order valence-electron chi connectivity index (χ1n) is 4.65. The molecule has 82 valence electrons. The van der Waals surface area contributed by atoms with E-state index in [0.29, 0.717) is 36.6 Å². The van der Waals surface area contributed by atoms with Gasteiger partial charge in [-0.3, -0.25) is 4.79 Å². The van der Waals surface area contributed by atoms with Crippen molar-refractivity contribution in [2.24, 2.45) is 5.73 Å². The second-order valence-electron chi connectivity index (χ2n) is 3.22. The minimum Gasteiger partial charge on any atom is -0.491 e. The first kappa shape index (κ1) is 11.2. The van der Waals surface area contributed by atoms with Gasteiger partial charge in [0.25, 0.3) is 0 Å². The number of hydrogen-bond donors (Lipinski definition) is 3. The van der Waals surface area contributed by atoms with Crippen molar-refractivity contribution in [3.8, 4) is 5.75 Å². The largest absolute Gasteiger partial charge is 0.491 e. The summed E-state index contributed by atoms with van der Waals surface area (Å²) in [5.41, 5.74) is 17.3. The Kier molecular flexibility index (Phi) is 3.79. The van der Waals surface area contributed by atoms with Gasteiger partial charge >= 0.3 is 0 Å². The summed E-state index contributed by atoms with van der Waals surface area (Å²) >= 11 is 0. The molecule has 6 N–H and O–H groups in total. The maximum absolute atomic E-state index is 10.5. The lowest BCUT2D eigenvalue weighted by Gasteiger charge is -2.08. The van der Waals surface area contributed by atoms with Crippen LogP contribution in [-0.4, -0.2) is 12.5 Å². The number of nitrogen functional groups attached to an aromatic ring is 2. The summed E-state index contributed by atoms with van der Waals surface area (Å²) in [6, 6.07) is 5.03. The molecule has 0 aliphatic rings. The van der Waals surface area contributed by atoms with Crippen molar-refractivity contribution >= 4 is 17.3 Å². The smallest absolute Gasteiger partial charge is 0.217 e. The Hall–Kier alpha value is -1.91. The molecule has 0 bridgehead atoms. The first-order valence-corrected chi connectivity index (χ1v) is 4.65. The van der Waals surface area contributed by atoms with Gasteiger partial charge in [-0.1, -0.05) is 0 Å². The Bertz CT molecular complexity index is 353. The van der Waals surface area contributed by atoms with Gasteiger partial charge in [-0.25, -0.2) is 0 Å². The van der Waals surface area contributed by atoms with Crippen LogP contribution < -0.4 is 21.9 Å². The highest BCUT2D eigenvalue weighted by atomic mass is 16.5. The summed E-state index contributed by atoms with van der Waals surface area (Å²) in [4.78, 5) is 10.5. The Morgan fingerprint density at radius 2 is 2.07 bits per heavy atom. The fourth-order valence-corrected chi connectivity index (χ4v) is 1.10. The predicted octanol–water partition coefficient (Wildman–Crippen LogP) is 0.495. The quantitative estimate of drug-likeness (QED) is 0.485. The maximum Gasteiger partial charge on any atom is 0.217 e. The fourth-order valence-electron chi connectivity index (χ4n) is 1.10. The molecule has 0 heterocycles. The first-order chi connectivity index (χ1) is 7.09. The van der Waals surface area contributed by atoms with E-state index in [4.69, 9.17) is 21.9 Å². The third-order valence-electron chi connectivity index (χ3n) is 1.86. The monoisotopic (exact) mass is 209 g/mol. The Morgan fingerprint density at radius 1 is 1.33 bits per heavy atom. The van der Waals surface area contributed by atoms with Crippen LogP contribution in [0.1, 0.15) is 12.8 Å².